The van der Waals surface area contributed by atoms with Crippen molar-refractivity contribution in [3.63, 3.8) is 0 Å². The number of hydrogen-bond donors (Lipinski definition) is 1. The minimum absolute atomic E-state index is 0.0791. The molecule has 0 bridgehead atoms. The summed E-state index contributed by atoms with van der Waals surface area (Å²) in [7, 11) is 1.72. The van der Waals surface area contributed by atoms with Gasteiger partial charge in [0.05, 0.1) is 11.4 Å². The van der Waals surface area contributed by atoms with Gasteiger partial charge in [0.1, 0.15) is 0 Å². The van der Waals surface area contributed by atoms with E-state index in [0.717, 1.165) is 4.47 Å². The van der Waals surface area contributed by atoms with E-state index >= 15 is 0 Å². The van der Waals surface area contributed by atoms with Crippen molar-refractivity contribution in [2.45, 2.75) is 0 Å². The van der Waals surface area contributed by atoms with Crippen LogP contribution in [0.3, 0.4) is 0 Å². The lowest BCUT2D eigenvalue weighted by Crippen LogP contribution is -2.26. The lowest BCUT2D eigenvalue weighted by atomic mass is 10.2. The Morgan fingerprint density at radius 3 is 2.44 bits per heavy atom. The van der Waals surface area contributed by atoms with Gasteiger partial charge in [0.15, 0.2) is 0 Å². The van der Waals surface area contributed by atoms with Gasteiger partial charge < -0.3 is 10.6 Å². The van der Waals surface area contributed by atoms with Gasteiger partial charge in [0, 0.05) is 17.1 Å². The second kappa shape index (κ2) is 5.23. The number of nitrogens with zero attached hydrogens (tertiary/aromatic N) is 1. The fraction of sp³-hybridized carbons (Fsp3) is 0.0714. The molecule has 0 aliphatic rings. The third-order valence-corrected chi connectivity index (χ3v) is 3.17. The molecule has 1 amide bonds. The summed E-state index contributed by atoms with van der Waals surface area (Å²) in [4.78, 5) is 13.8. The predicted molar refractivity (Wildman–Crippen MR) is 77.7 cm³/mol. The summed E-state index contributed by atoms with van der Waals surface area (Å²) in [6, 6.07) is 14.6. The Bertz CT molecular complexity index is 569. The molecule has 2 rings (SSSR count). The lowest BCUT2D eigenvalue weighted by molar-refractivity contribution is 0.0993. The molecule has 0 aliphatic carbocycles. The van der Waals surface area contributed by atoms with Crippen molar-refractivity contribution < 1.29 is 4.79 Å². The van der Waals surface area contributed by atoms with Gasteiger partial charge in [-0.1, -0.05) is 34.1 Å². The van der Waals surface area contributed by atoms with Crippen molar-refractivity contribution in [1.29, 1.82) is 0 Å². The quantitative estimate of drug-likeness (QED) is 0.865. The van der Waals surface area contributed by atoms with Crippen molar-refractivity contribution in [1.82, 2.24) is 0 Å². The second-order valence-corrected chi connectivity index (χ2v) is 4.85. The number of nitrogens with two attached hydrogens (primary N) is 1. The van der Waals surface area contributed by atoms with Crippen LogP contribution in [0.5, 0.6) is 0 Å². The Morgan fingerprint density at radius 1 is 1.17 bits per heavy atom. The normalized spacial score (nSPS) is 10.1. The lowest BCUT2D eigenvalue weighted by Gasteiger charge is -2.19. The first-order chi connectivity index (χ1) is 8.59. The van der Waals surface area contributed by atoms with E-state index in [9.17, 15) is 4.79 Å². The van der Waals surface area contributed by atoms with Crippen LogP contribution in [-0.4, -0.2) is 13.0 Å². The number of anilines is 2. The van der Waals surface area contributed by atoms with Crippen molar-refractivity contribution in [3.05, 3.63) is 58.6 Å². The molecule has 2 aromatic rings. The van der Waals surface area contributed by atoms with Crippen LogP contribution in [0.4, 0.5) is 11.4 Å². The van der Waals surface area contributed by atoms with E-state index in [1.807, 2.05) is 30.3 Å². The molecule has 2 aromatic carbocycles. The molecule has 0 aromatic heterocycles. The number of rotatable bonds is 2. The Kier molecular flexibility index (Phi) is 3.67. The highest BCUT2D eigenvalue weighted by molar-refractivity contribution is 9.10. The maximum atomic E-state index is 12.2. The minimum atomic E-state index is -0.0791. The van der Waals surface area contributed by atoms with E-state index in [1.54, 1.807) is 30.1 Å². The number of hydrogen-bond acceptors (Lipinski definition) is 2. The zero-order chi connectivity index (χ0) is 13.1. The van der Waals surface area contributed by atoms with Crippen LogP contribution in [0.1, 0.15) is 10.4 Å². The van der Waals surface area contributed by atoms with E-state index in [0.29, 0.717) is 16.9 Å². The molecule has 3 nitrogen and oxygen atoms in total. The van der Waals surface area contributed by atoms with Crippen LogP contribution in [0.2, 0.25) is 0 Å². The van der Waals surface area contributed by atoms with Gasteiger partial charge in [-0.25, -0.2) is 0 Å². The number of carbonyl (C=O) groups excluding carboxylic acids is 1. The Balaban J connectivity index is 2.31. The highest BCUT2D eigenvalue weighted by Gasteiger charge is 2.15. The van der Waals surface area contributed by atoms with Crippen molar-refractivity contribution >= 4 is 33.2 Å². The van der Waals surface area contributed by atoms with Crippen LogP contribution in [0, 0.1) is 0 Å². The SMILES string of the molecule is CN(C(=O)c1ccccc1)c1ccc(Br)cc1N. The topological polar surface area (TPSA) is 46.3 Å². The average Bonchev–Trinajstić information content (AvgIpc) is 2.38. The molecule has 0 fully saturated rings. The van der Waals surface area contributed by atoms with Crippen molar-refractivity contribution in [3.8, 4) is 0 Å². The molecule has 0 saturated heterocycles. The van der Waals surface area contributed by atoms with Gasteiger partial charge in [0.2, 0.25) is 0 Å². The van der Waals surface area contributed by atoms with Crippen LogP contribution >= 0.6 is 15.9 Å². The summed E-state index contributed by atoms with van der Waals surface area (Å²) in [5, 5.41) is 0. The number of nitrogen functional groups attached to an aromatic ring is 1. The first-order valence-corrected chi connectivity index (χ1v) is 6.27. The van der Waals surface area contributed by atoms with E-state index in [1.165, 1.54) is 0 Å². The first-order valence-electron chi connectivity index (χ1n) is 5.47. The standard InChI is InChI=1S/C14H13BrN2O/c1-17(13-8-7-11(15)9-12(13)16)14(18)10-5-3-2-4-6-10/h2-9H,16H2,1H3. The molecule has 4 heteroatoms. The predicted octanol–water partition coefficient (Wildman–Crippen LogP) is 3.31. The van der Waals surface area contributed by atoms with E-state index in [-0.39, 0.29) is 5.91 Å². The molecule has 0 radical (unpaired) electrons. The zero-order valence-electron chi connectivity index (χ0n) is 9.93. The third kappa shape index (κ3) is 2.54. The molecule has 18 heavy (non-hydrogen) atoms. The van der Waals surface area contributed by atoms with Crippen LogP contribution in [0.15, 0.2) is 53.0 Å². The molecule has 92 valence electrons. The summed E-state index contributed by atoms with van der Waals surface area (Å²) < 4.78 is 0.893. The molecule has 0 atom stereocenters. The molecule has 0 heterocycles. The first kappa shape index (κ1) is 12.6. The zero-order valence-corrected chi connectivity index (χ0v) is 11.5. The molecule has 0 aliphatic heterocycles. The van der Waals surface area contributed by atoms with Gasteiger partial charge in [0.25, 0.3) is 5.91 Å². The van der Waals surface area contributed by atoms with Crippen LogP contribution in [-0.2, 0) is 0 Å². The monoisotopic (exact) mass is 304 g/mol. The fourth-order valence-corrected chi connectivity index (χ4v) is 2.09. The Morgan fingerprint density at radius 2 is 1.83 bits per heavy atom. The summed E-state index contributed by atoms with van der Waals surface area (Å²) in [6.07, 6.45) is 0. The average molecular weight is 305 g/mol. The van der Waals surface area contributed by atoms with E-state index in [2.05, 4.69) is 15.9 Å². The number of carbonyl (C=O) groups is 1. The minimum Gasteiger partial charge on any atom is -0.397 e. The fourth-order valence-electron chi connectivity index (χ4n) is 1.71. The van der Waals surface area contributed by atoms with Crippen LogP contribution in [0.25, 0.3) is 0 Å². The third-order valence-electron chi connectivity index (χ3n) is 2.68. The van der Waals surface area contributed by atoms with E-state index < -0.39 is 0 Å². The Labute approximate surface area is 114 Å². The number of amides is 1. The maximum absolute atomic E-state index is 12.2. The smallest absolute Gasteiger partial charge is 0.258 e. The largest absolute Gasteiger partial charge is 0.397 e. The van der Waals surface area contributed by atoms with Gasteiger partial charge in [-0.15, -0.1) is 0 Å². The Hall–Kier alpha value is -1.81. The van der Waals surface area contributed by atoms with Gasteiger partial charge in [-0.3, -0.25) is 4.79 Å². The van der Waals surface area contributed by atoms with E-state index in [4.69, 9.17) is 5.73 Å². The van der Waals surface area contributed by atoms with Gasteiger partial charge >= 0.3 is 0 Å². The van der Waals surface area contributed by atoms with Gasteiger partial charge in [-0.2, -0.15) is 0 Å². The van der Waals surface area contributed by atoms with Crippen LogP contribution < -0.4 is 10.6 Å². The second-order valence-electron chi connectivity index (χ2n) is 3.93. The maximum Gasteiger partial charge on any atom is 0.258 e. The molecular weight excluding hydrogens is 292 g/mol. The molecule has 0 saturated carbocycles. The molecule has 0 unspecified atom stereocenters. The van der Waals surface area contributed by atoms with Crippen molar-refractivity contribution in [2.24, 2.45) is 0 Å². The summed E-state index contributed by atoms with van der Waals surface area (Å²) in [5.74, 6) is -0.0791. The van der Waals surface area contributed by atoms with Crippen molar-refractivity contribution in [2.75, 3.05) is 17.7 Å². The molecular formula is C14H13BrN2O. The highest BCUT2D eigenvalue weighted by atomic mass is 79.9. The molecule has 0 spiro atoms. The summed E-state index contributed by atoms with van der Waals surface area (Å²) >= 11 is 3.34. The molecule has 2 N–H and O–H groups in total. The highest BCUT2D eigenvalue weighted by Crippen LogP contribution is 2.26. The van der Waals surface area contributed by atoms with Gasteiger partial charge in [-0.05, 0) is 30.3 Å². The summed E-state index contributed by atoms with van der Waals surface area (Å²) in [6.45, 7) is 0. The summed E-state index contributed by atoms with van der Waals surface area (Å²) in [5.41, 5.74) is 7.82. The number of benzene rings is 2. The number of halogens is 1.